The number of aliphatic hydroxyl groups is 1. The number of hydrogen-bond donors (Lipinski definition) is 2. The molecule has 6 aromatic rings. The predicted molar refractivity (Wildman–Crippen MR) is 125 cm³/mol. The number of rotatable bonds is 1. The van der Waals surface area contributed by atoms with E-state index in [-0.39, 0.29) is 12.4 Å². The summed E-state index contributed by atoms with van der Waals surface area (Å²) in [6.45, 7) is 1.93. The summed E-state index contributed by atoms with van der Waals surface area (Å²) in [6.07, 6.45) is 0. The number of nitrogens with zero attached hydrogens (tertiary/aromatic N) is 1. The maximum Gasteiger partial charge on any atom is 0.141 e. The van der Waals surface area contributed by atoms with Crippen LogP contribution in [0.1, 0.15) is 6.92 Å². The zero-order valence-electron chi connectivity index (χ0n) is 16.6. The molecule has 0 unspecified atom stereocenters. The largest absolute Gasteiger partial charge is 0.506 e. The Hall–Kier alpha value is -3.69. The number of hydrogen-bond acceptors (Lipinski definition) is 3. The summed E-state index contributed by atoms with van der Waals surface area (Å²) in [6, 6.07) is 29.0. The Kier molecular flexibility index (Phi) is 4.46. The SMILES string of the molecule is CCO.Oc1cccc2ccc(-c3cc4cccc5ccc6cccc3c6c54)nc12. The van der Waals surface area contributed by atoms with Crippen LogP contribution >= 0.6 is 0 Å². The second-order valence-corrected chi connectivity index (χ2v) is 7.33. The Morgan fingerprint density at radius 2 is 1.30 bits per heavy atom. The van der Waals surface area contributed by atoms with Crippen LogP contribution in [0.15, 0.2) is 84.9 Å². The molecule has 0 aliphatic heterocycles. The minimum Gasteiger partial charge on any atom is -0.506 e. The van der Waals surface area contributed by atoms with Crippen LogP contribution in [-0.2, 0) is 0 Å². The summed E-state index contributed by atoms with van der Waals surface area (Å²) >= 11 is 0. The maximum absolute atomic E-state index is 10.2. The van der Waals surface area contributed by atoms with E-state index in [1.165, 1.54) is 32.3 Å². The van der Waals surface area contributed by atoms with Crippen molar-refractivity contribution in [2.45, 2.75) is 6.92 Å². The van der Waals surface area contributed by atoms with Gasteiger partial charge in [-0.25, -0.2) is 4.98 Å². The number of phenolic OH excluding ortho intramolecular Hbond substituents is 1. The number of para-hydroxylation sites is 1. The second-order valence-electron chi connectivity index (χ2n) is 7.33. The fraction of sp³-hybridized carbons (Fsp3) is 0.0741. The Morgan fingerprint density at radius 3 is 2.10 bits per heavy atom. The first-order chi connectivity index (χ1) is 14.7. The van der Waals surface area contributed by atoms with Gasteiger partial charge in [-0.05, 0) is 57.4 Å². The van der Waals surface area contributed by atoms with Gasteiger partial charge < -0.3 is 10.2 Å². The minimum absolute atomic E-state index is 0.214. The van der Waals surface area contributed by atoms with Crippen LogP contribution in [0, 0.1) is 0 Å². The molecular formula is C27H21NO2. The molecule has 0 aliphatic carbocycles. The normalized spacial score (nSPS) is 11.3. The minimum atomic E-state index is 0.214. The monoisotopic (exact) mass is 391 g/mol. The Balaban J connectivity index is 0.000000609. The van der Waals surface area contributed by atoms with Crippen LogP contribution in [0.25, 0.3) is 54.5 Å². The number of fused-ring (bicyclic) bond motifs is 1. The van der Waals surface area contributed by atoms with Crippen molar-refractivity contribution < 1.29 is 10.2 Å². The molecule has 0 fully saturated rings. The summed E-state index contributed by atoms with van der Waals surface area (Å²) < 4.78 is 0. The van der Waals surface area contributed by atoms with Crippen LogP contribution in [0.3, 0.4) is 0 Å². The first-order valence-corrected chi connectivity index (χ1v) is 10.1. The molecule has 1 aromatic heterocycles. The Bertz CT molecular complexity index is 1500. The van der Waals surface area contributed by atoms with E-state index in [1.54, 1.807) is 13.0 Å². The lowest BCUT2D eigenvalue weighted by Gasteiger charge is -2.14. The van der Waals surface area contributed by atoms with Gasteiger partial charge >= 0.3 is 0 Å². The number of aromatic nitrogens is 1. The van der Waals surface area contributed by atoms with Gasteiger partial charge in [-0.3, -0.25) is 0 Å². The van der Waals surface area contributed by atoms with E-state index in [0.29, 0.717) is 5.52 Å². The zero-order chi connectivity index (χ0) is 20.7. The van der Waals surface area contributed by atoms with E-state index in [1.807, 2.05) is 24.3 Å². The third kappa shape index (κ3) is 2.83. The molecule has 0 aliphatic rings. The molecule has 0 saturated heterocycles. The van der Waals surface area contributed by atoms with Gasteiger partial charge in [-0.1, -0.05) is 66.7 Å². The molecule has 6 rings (SSSR count). The quantitative estimate of drug-likeness (QED) is 0.314. The summed E-state index contributed by atoms with van der Waals surface area (Å²) in [5.74, 6) is 0.214. The summed E-state index contributed by atoms with van der Waals surface area (Å²) in [7, 11) is 0. The first kappa shape index (κ1) is 18.3. The molecule has 0 bridgehead atoms. The van der Waals surface area contributed by atoms with Gasteiger partial charge in [0.05, 0.1) is 5.69 Å². The van der Waals surface area contributed by atoms with Gasteiger partial charge in [0.15, 0.2) is 0 Å². The highest BCUT2D eigenvalue weighted by Gasteiger charge is 2.14. The average molecular weight is 391 g/mol. The van der Waals surface area contributed by atoms with Crippen LogP contribution in [0.5, 0.6) is 5.75 Å². The smallest absolute Gasteiger partial charge is 0.141 e. The summed E-state index contributed by atoms with van der Waals surface area (Å²) in [5.41, 5.74) is 2.61. The number of pyridine rings is 1. The van der Waals surface area contributed by atoms with Gasteiger partial charge in [0.1, 0.15) is 11.3 Å². The number of phenols is 1. The molecule has 146 valence electrons. The van der Waals surface area contributed by atoms with Crippen LogP contribution < -0.4 is 0 Å². The molecule has 2 N–H and O–H groups in total. The van der Waals surface area contributed by atoms with Crippen molar-refractivity contribution in [2.24, 2.45) is 0 Å². The molecular weight excluding hydrogens is 370 g/mol. The third-order valence-corrected chi connectivity index (χ3v) is 5.48. The second kappa shape index (κ2) is 7.29. The van der Waals surface area contributed by atoms with E-state index >= 15 is 0 Å². The molecule has 30 heavy (non-hydrogen) atoms. The topological polar surface area (TPSA) is 53.4 Å². The first-order valence-electron chi connectivity index (χ1n) is 10.1. The summed E-state index contributed by atoms with van der Waals surface area (Å²) in [5, 5.41) is 26.2. The lowest BCUT2D eigenvalue weighted by molar-refractivity contribution is 0.318. The van der Waals surface area contributed by atoms with Crippen molar-refractivity contribution in [1.82, 2.24) is 4.98 Å². The fourth-order valence-corrected chi connectivity index (χ4v) is 4.26. The Morgan fingerprint density at radius 1 is 0.700 bits per heavy atom. The van der Waals surface area contributed by atoms with Crippen LogP contribution in [0.2, 0.25) is 0 Å². The molecule has 0 amide bonds. The lowest BCUT2D eigenvalue weighted by Crippen LogP contribution is -1.90. The van der Waals surface area contributed by atoms with Gasteiger partial charge in [0.2, 0.25) is 0 Å². The molecule has 0 radical (unpaired) electrons. The van der Waals surface area contributed by atoms with E-state index in [0.717, 1.165) is 16.6 Å². The van der Waals surface area contributed by atoms with Gasteiger partial charge in [0, 0.05) is 17.6 Å². The van der Waals surface area contributed by atoms with Crippen LogP contribution in [0.4, 0.5) is 0 Å². The highest BCUT2D eigenvalue weighted by atomic mass is 16.3. The molecule has 3 nitrogen and oxygen atoms in total. The van der Waals surface area contributed by atoms with E-state index in [9.17, 15) is 5.11 Å². The van der Waals surface area contributed by atoms with Crippen LogP contribution in [-0.4, -0.2) is 21.8 Å². The average Bonchev–Trinajstić information content (AvgIpc) is 2.78. The van der Waals surface area contributed by atoms with Crippen molar-refractivity contribution in [3.05, 3.63) is 84.9 Å². The third-order valence-electron chi connectivity index (χ3n) is 5.48. The highest BCUT2D eigenvalue weighted by Crippen LogP contribution is 2.40. The number of benzene rings is 5. The van der Waals surface area contributed by atoms with Crippen molar-refractivity contribution in [2.75, 3.05) is 6.61 Å². The van der Waals surface area contributed by atoms with E-state index in [4.69, 9.17) is 10.1 Å². The summed E-state index contributed by atoms with van der Waals surface area (Å²) in [4.78, 5) is 4.80. The van der Waals surface area contributed by atoms with Crippen molar-refractivity contribution in [3.63, 3.8) is 0 Å². The van der Waals surface area contributed by atoms with Gasteiger partial charge in [0.25, 0.3) is 0 Å². The van der Waals surface area contributed by atoms with Gasteiger partial charge in [-0.15, -0.1) is 0 Å². The fourth-order valence-electron chi connectivity index (χ4n) is 4.26. The molecule has 0 saturated carbocycles. The zero-order valence-corrected chi connectivity index (χ0v) is 16.6. The van der Waals surface area contributed by atoms with Crippen molar-refractivity contribution in [1.29, 1.82) is 0 Å². The van der Waals surface area contributed by atoms with E-state index < -0.39 is 0 Å². The molecule has 0 spiro atoms. The maximum atomic E-state index is 10.2. The Labute approximate surface area is 174 Å². The number of aromatic hydroxyl groups is 1. The molecule has 0 atom stereocenters. The van der Waals surface area contributed by atoms with Gasteiger partial charge in [-0.2, -0.15) is 0 Å². The number of aliphatic hydroxyl groups excluding tert-OH is 1. The highest BCUT2D eigenvalue weighted by molar-refractivity contribution is 6.26. The molecule has 3 heteroatoms. The van der Waals surface area contributed by atoms with E-state index in [2.05, 4.69) is 54.6 Å². The predicted octanol–water partition coefficient (Wildman–Crippen LogP) is 6.50. The lowest BCUT2D eigenvalue weighted by atomic mass is 9.90. The molecule has 1 heterocycles. The van der Waals surface area contributed by atoms with Crippen molar-refractivity contribution >= 4 is 43.2 Å². The molecule has 5 aromatic carbocycles. The van der Waals surface area contributed by atoms with Crippen molar-refractivity contribution in [3.8, 4) is 17.0 Å². The standard InChI is InChI=1S/C25H15NO.C2H6O/c27-22-9-3-6-17-12-13-21(26-25(17)22)20-14-18-7-1-4-15-10-11-16-5-2-8-19(20)24(16)23(15)18;1-2-3/h1-14,27H;3H,2H2,1H3.